The van der Waals surface area contributed by atoms with E-state index < -0.39 is 0 Å². The standard InChI is InChI=1S/C21H33N3O3/c1-15(2)21(4,5)14-20(26)24-23-16(3)17-9-11-18(12-10-17)27-13-7-8-19(25)22-6/h9-12,15H,7-8,13-14H2,1-6H3,(H,22,25)(H,24,26)/b23-16+. The summed E-state index contributed by atoms with van der Waals surface area (Å²) in [5.74, 6) is 1.09. The van der Waals surface area contributed by atoms with Crippen LogP contribution >= 0.6 is 0 Å². The van der Waals surface area contributed by atoms with Gasteiger partial charge in [0.25, 0.3) is 0 Å². The van der Waals surface area contributed by atoms with Gasteiger partial charge in [-0.15, -0.1) is 0 Å². The van der Waals surface area contributed by atoms with Crippen LogP contribution in [0.5, 0.6) is 5.75 Å². The summed E-state index contributed by atoms with van der Waals surface area (Å²) in [6.45, 7) is 10.7. The fourth-order valence-electron chi connectivity index (χ4n) is 2.21. The van der Waals surface area contributed by atoms with Crippen LogP contribution in [0.3, 0.4) is 0 Å². The molecule has 6 heteroatoms. The first-order valence-corrected chi connectivity index (χ1v) is 9.42. The lowest BCUT2D eigenvalue weighted by molar-refractivity contribution is -0.123. The van der Waals surface area contributed by atoms with Gasteiger partial charge in [0, 0.05) is 19.9 Å². The minimum Gasteiger partial charge on any atom is -0.494 e. The van der Waals surface area contributed by atoms with Crippen molar-refractivity contribution in [1.29, 1.82) is 0 Å². The maximum Gasteiger partial charge on any atom is 0.240 e. The molecule has 0 bridgehead atoms. The van der Waals surface area contributed by atoms with Gasteiger partial charge in [-0.05, 0) is 54.5 Å². The van der Waals surface area contributed by atoms with Crippen molar-refractivity contribution in [3.05, 3.63) is 29.8 Å². The number of carbonyl (C=O) groups is 2. The molecule has 0 fully saturated rings. The van der Waals surface area contributed by atoms with Crippen LogP contribution in [0.4, 0.5) is 0 Å². The summed E-state index contributed by atoms with van der Waals surface area (Å²) in [5, 5.41) is 6.79. The number of rotatable bonds is 10. The summed E-state index contributed by atoms with van der Waals surface area (Å²) in [4.78, 5) is 23.3. The van der Waals surface area contributed by atoms with Gasteiger partial charge in [0.05, 0.1) is 12.3 Å². The van der Waals surface area contributed by atoms with Crippen LogP contribution in [0.15, 0.2) is 29.4 Å². The van der Waals surface area contributed by atoms with Gasteiger partial charge >= 0.3 is 0 Å². The molecule has 150 valence electrons. The van der Waals surface area contributed by atoms with Crippen LogP contribution in [0, 0.1) is 11.3 Å². The third-order valence-corrected chi connectivity index (χ3v) is 4.90. The molecule has 0 aliphatic carbocycles. The summed E-state index contributed by atoms with van der Waals surface area (Å²) in [7, 11) is 1.62. The predicted octanol–water partition coefficient (Wildman–Crippen LogP) is 3.50. The maximum atomic E-state index is 12.1. The van der Waals surface area contributed by atoms with Crippen molar-refractivity contribution in [2.45, 2.75) is 53.9 Å². The van der Waals surface area contributed by atoms with Crippen LogP contribution < -0.4 is 15.5 Å². The van der Waals surface area contributed by atoms with E-state index in [0.717, 1.165) is 17.0 Å². The third kappa shape index (κ3) is 8.24. The summed E-state index contributed by atoms with van der Waals surface area (Å²) in [6, 6.07) is 7.52. The highest BCUT2D eigenvalue weighted by atomic mass is 16.5. The number of amides is 2. The Morgan fingerprint density at radius 1 is 1.15 bits per heavy atom. The van der Waals surface area contributed by atoms with E-state index in [1.165, 1.54) is 0 Å². The molecule has 0 saturated heterocycles. The van der Waals surface area contributed by atoms with Gasteiger partial charge < -0.3 is 10.1 Å². The summed E-state index contributed by atoms with van der Waals surface area (Å²) >= 11 is 0. The summed E-state index contributed by atoms with van der Waals surface area (Å²) < 4.78 is 5.62. The van der Waals surface area contributed by atoms with E-state index in [4.69, 9.17) is 4.74 Å². The lowest BCUT2D eigenvalue weighted by atomic mass is 9.78. The number of hydrogen-bond acceptors (Lipinski definition) is 4. The molecule has 0 spiro atoms. The monoisotopic (exact) mass is 375 g/mol. The van der Waals surface area contributed by atoms with E-state index in [1.807, 2.05) is 31.2 Å². The third-order valence-electron chi connectivity index (χ3n) is 4.90. The molecule has 0 radical (unpaired) electrons. The first-order valence-electron chi connectivity index (χ1n) is 9.42. The molecule has 0 unspecified atom stereocenters. The van der Waals surface area contributed by atoms with E-state index in [9.17, 15) is 9.59 Å². The number of nitrogens with zero attached hydrogens (tertiary/aromatic N) is 1. The van der Waals surface area contributed by atoms with Crippen molar-refractivity contribution >= 4 is 17.5 Å². The van der Waals surface area contributed by atoms with Gasteiger partial charge in [0.15, 0.2) is 0 Å². The highest BCUT2D eigenvalue weighted by Gasteiger charge is 2.25. The highest BCUT2D eigenvalue weighted by molar-refractivity contribution is 5.99. The van der Waals surface area contributed by atoms with E-state index in [2.05, 4.69) is 43.5 Å². The number of benzene rings is 1. The molecule has 2 amide bonds. The Hall–Kier alpha value is -2.37. The van der Waals surface area contributed by atoms with Crippen molar-refractivity contribution in [3.8, 4) is 5.75 Å². The minimum absolute atomic E-state index is 0.0135. The van der Waals surface area contributed by atoms with Crippen molar-refractivity contribution in [2.75, 3.05) is 13.7 Å². The average Bonchev–Trinajstić information content (AvgIpc) is 2.63. The predicted molar refractivity (Wildman–Crippen MR) is 109 cm³/mol. The topological polar surface area (TPSA) is 79.8 Å². The fourth-order valence-corrected chi connectivity index (χ4v) is 2.21. The Balaban J connectivity index is 2.51. The number of ether oxygens (including phenoxy) is 1. The smallest absolute Gasteiger partial charge is 0.240 e. The molecule has 1 aromatic carbocycles. The number of carbonyl (C=O) groups excluding carboxylic acids is 2. The molecule has 1 rings (SSSR count). The van der Waals surface area contributed by atoms with Gasteiger partial charge in [-0.3, -0.25) is 9.59 Å². The van der Waals surface area contributed by atoms with E-state index in [0.29, 0.717) is 31.8 Å². The van der Waals surface area contributed by atoms with Crippen molar-refractivity contribution < 1.29 is 14.3 Å². The summed E-state index contributed by atoms with van der Waals surface area (Å²) in [6.07, 6.45) is 1.55. The maximum absolute atomic E-state index is 12.1. The second-order valence-corrected chi connectivity index (χ2v) is 7.70. The van der Waals surface area contributed by atoms with Gasteiger partial charge in [0.1, 0.15) is 5.75 Å². The lowest BCUT2D eigenvalue weighted by Gasteiger charge is -2.27. The Kier molecular flexibility index (Phi) is 8.98. The molecule has 0 saturated carbocycles. The van der Waals surface area contributed by atoms with Crippen LogP contribution in [0.25, 0.3) is 0 Å². The molecule has 0 aliphatic heterocycles. The molecule has 0 aliphatic rings. The molecule has 0 heterocycles. The highest BCUT2D eigenvalue weighted by Crippen LogP contribution is 2.29. The fraction of sp³-hybridized carbons (Fsp3) is 0.571. The first kappa shape index (κ1) is 22.7. The average molecular weight is 376 g/mol. The number of hydrazone groups is 1. The van der Waals surface area contributed by atoms with Crippen LogP contribution in [-0.2, 0) is 9.59 Å². The zero-order chi connectivity index (χ0) is 20.4. The lowest BCUT2D eigenvalue weighted by Crippen LogP contribution is -2.29. The molecule has 1 aromatic rings. The molecule has 0 aromatic heterocycles. The SMILES string of the molecule is CNC(=O)CCCOc1ccc(/C(C)=N/NC(=O)CC(C)(C)C(C)C)cc1. The Labute approximate surface area is 162 Å². The molecular formula is C21H33N3O3. The second-order valence-electron chi connectivity index (χ2n) is 7.70. The zero-order valence-corrected chi connectivity index (χ0v) is 17.4. The Morgan fingerprint density at radius 3 is 2.33 bits per heavy atom. The van der Waals surface area contributed by atoms with E-state index in [1.54, 1.807) is 7.05 Å². The molecular weight excluding hydrogens is 342 g/mol. The van der Waals surface area contributed by atoms with Gasteiger partial charge in [-0.25, -0.2) is 5.43 Å². The largest absolute Gasteiger partial charge is 0.494 e. The quantitative estimate of drug-likeness (QED) is 0.373. The van der Waals surface area contributed by atoms with Gasteiger partial charge in [-0.2, -0.15) is 5.10 Å². The minimum atomic E-state index is -0.0795. The van der Waals surface area contributed by atoms with E-state index >= 15 is 0 Å². The Bertz CT molecular complexity index is 649. The molecule has 27 heavy (non-hydrogen) atoms. The van der Waals surface area contributed by atoms with Crippen molar-refractivity contribution in [2.24, 2.45) is 16.4 Å². The van der Waals surface area contributed by atoms with Crippen molar-refractivity contribution in [3.63, 3.8) is 0 Å². The van der Waals surface area contributed by atoms with Crippen LogP contribution in [0.2, 0.25) is 0 Å². The van der Waals surface area contributed by atoms with Crippen LogP contribution in [0.1, 0.15) is 59.4 Å². The van der Waals surface area contributed by atoms with Crippen LogP contribution in [-0.4, -0.2) is 31.2 Å². The molecule has 6 nitrogen and oxygen atoms in total. The second kappa shape index (κ2) is 10.7. The number of nitrogens with one attached hydrogen (secondary N) is 2. The van der Waals surface area contributed by atoms with Gasteiger partial charge in [0.2, 0.25) is 11.8 Å². The molecule has 2 N–H and O–H groups in total. The zero-order valence-electron chi connectivity index (χ0n) is 17.4. The first-order chi connectivity index (χ1) is 12.7. The van der Waals surface area contributed by atoms with Crippen molar-refractivity contribution in [1.82, 2.24) is 10.7 Å². The molecule has 0 atom stereocenters. The Morgan fingerprint density at radius 2 is 1.78 bits per heavy atom. The van der Waals surface area contributed by atoms with Gasteiger partial charge in [-0.1, -0.05) is 27.7 Å². The normalized spacial score (nSPS) is 12.0. The number of hydrogen-bond donors (Lipinski definition) is 2. The van der Waals surface area contributed by atoms with E-state index in [-0.39, 0.29) is 17.2 Å². The summed E-state index contributed by atoms with van der Waals surface area (Å²) in [5.41, 5.74) is 4.23.